The first-order valence-electron chi connectivity index (χ1n) is 4.97. The normalized spacial score (nSPS) is 24.6. The van der Waals surface area contributed by atoms with Gasteiger partial charge in [0.05, 0.1) is 0 Å². The fraction of sp³-hybridized carbons (Fsp3) is 0.333. The van der Waals surface area contributed by atoms with E-state index in [0.29, 0.717) is 0 Å². The van der Waals surface area contributed by atoms with Crippen LogP contribution in [0.2, 0.25) is 0 Å². The molecule has 0 aliphatic carbocycles. The summed E-state index contributed by atoms with van der Waals surface area (Å²) in [7, 11) is 0. The van der Waals surface area contributed by atoms with E-state index >= 15 is 0 Å². The largest absolute Gasteiger partial charge is 0.462 e. The average Bonchev–Trinajstić information content (AvgIpc) is 2.50. The molecule has 0 saturated heterocycles. The van der Waals surface area contributed by atoms with Crippen molar-refractivity contribution < 1.29 is 4.74 Å². The molecule has 0 fully saturated rings. The second kappa shape index (κ2) is 3.89. The maximum atomic E-state index is 5.65. The third kappa shape index (κ3) is 2.53. The van der Waals surface area contributed by atoms with Gasteiger partial charge < -0.3 is 10.1 Å². The standard InChI is InChI=1S/C12H14BrNO/c1-9-3-5-10(6-4-9)14-12(2)8-7-11(13)15-12/h3-7,14H,8H2,1-2H3. The number of nitrogens with one attached hydrogen (secondary N) is 1. The van der Waals surface area contributed by atoms with Crippen LogP contribution < -0.4 is 5.32 Å². The SMILES string of the molecule is Cc1ccc(NC2(C)CC=C(Br)O2)cc1. The molecule has 1 aliphatic heterocycles. The average molecular weight is 268 g/mol. The van der Waals surface area contributed by atoms with Crippen molar-refractivity contribution in [3.05, 3.63) is 40.6 Å². The number of aryl methyl sites for hydroxylation is 1. The van der Waals surface area contributed by atoms with Crippen LogP contribution in [0.25, 0.3) is 0 Å². The van der Waals surface area contributed by atoms with Crippen molar-refractivity contribution in [2.24, 2.45) is 0 Å². The molecule has 1 heterocycles. The Kier molecular flexibility index (Phi) is 2.74. The van der Waals surface area contributed by atoms with Crippen LogP contribution in [0.1, 0.15) is 18.9 Å². The Morgan fingerprint density at radius 1 is 1.33 bits per heavy atom. The highest BCUT2D eigenvalue weighted by Gasteiger charge is 2.30. The molecule has 15 heavy (non-hydrogen) atoms. The molecule has 1 unspecified atom stereocenters. The maximum absolute atomic E-state index is 5.65. The summed E-state index contributed by atoms with van der Waals surface area (Å²) < 4.78 is 6.46. The Bertz CT molecular complexity index is 385. The van der Waals surface area contributed by atoms with Gasteiger partial charge in [-0.3, -0.25) is 0 Å². The third-order valence-corrected chi connectivity index (χ3v) is 2.92. The van der Waals surface area contributed by atoms with Gasteiger partial charge >= 0.3 is 0 Å². The zero-order valence-corrected chi connectivity index (χ0v) is 10.5. The van der Waals surface area contributed by atoms with E-state index in [1.807, 2.05) is 13.0 Å². The van der Waals surface area contributed by atoms with Crippen LogP contribution in [0.15, 0.2) is 35.0 Å². The number of benzene rings is 1. The Labute approximate surface area is 98.5 Å². The van der Waals surface area contributed by atoms with Gasteiger partial charge in [-0.05, 0) is 48.0 Å². The van der Waals surface area contributed by atoms with E-state index in [4.69, 9.17) is 4.74 Å². The highest BCUT2D eigenvalue weighted by atomic mass is 79.9. The lowest BCUT2D eigenvalue weighted by molar-refractivity contribution is 0.0869. The zero-order chi connectivity index (χ0) is 10.9. The minimum atomic E-state index is -0.325. The highest BCUT2D eigenvalue weighted by Crippen LogP contribution is 2.31. The molecule has 80 valence electrons. The van der Waals surface area contributed by atoms with Gasteiger partial charge in [0.25, 0.3) is 0 Å². The summed E-state index contributed by atoms with van der Waals surface area (Å²) in [4.78, 5) is 0. The van der Waals surface area contributed by atoms with Crippen LogP contribution in [0.3, 0.4) is 0 Å². The summed E-state index contributed by atoms with van der Waals surface area (Å²) in [5.74, 6) is 0. The van der Waals surface area contributed by atoms with Crippen molar-refractivity contribution in [3.63, 3.8) is 0 Å². The minimum Gasteiger partial charge on any atom is -0.462 e. The monoisotopic (exact) mass is 267 g/mol. The lowest BCUT2D eigenvalue weighted by Gasteiger charge is -2.27. The zero-order valence-electron chi connectivity index (χ0n) is 8.88. The molecule has 1 aromatic carbocycles. The second-order valence-electron chi connectivity index (χ2n) is 4.04. The molecule has 0 spiro atoms. The van der Waals surface area contributed by atoms with E-state index < -0.39 is 0 Å². The lowest BCUT2D eigenvalue weighted by Crippen LogP contribution is -2.33. The molecular formula is C12H14BrNO. The number of halogens is 1. The fourth-order valence-electron chi connectivity index (χ4n) is 1.59. The summed E-state index contributed by atoms with van der Waals surface area (Å²) in [5, 5.41) is 3.37. The maximum Gasteiger partial charge on any atom is 0.182 e. The van der Waals surface area contributed by atoms with Gasteiger partial charge in [0.2, 0.25) is 0 Å². The third-order valence-electron chi connectivity index (χ3n) is 2.44. The van der Waals surface area contributed by atoms with Gasteiger partial charge in [0.15, 0.2) is 10.4 Å². The van der Waals surface area contributed by atoms with Crippen molar-refractivity contribution in [2.45, 2.75) is 26.0 Å². The van der Waals surface area contributed by atoms with Crippen molar-refractivity contribution in [1.82, 2.24) is 0 Å². The molecular weight excluding hydrogens is 254 g/mol. The first-order chi connectivity index (χ1) is 7.07. The molecule has 0 radical (unpaired) electrons. The summed E-state index contributed by atoms with van der Waals surface area (Å²) >= 11 is 3.34. The van der Waals surface area contributed by atoms with Crippen LogP contribution in [0.5, 0.6) is 0 Å². The quantitative estimate of drug-likeness (QED) is 0.881. The van der Waals surface area contributed by atoms with Crippen LogP contribution in [-0.4, -0.2) is 5.72 Å². The molecule has 0 bridgehead atoms. The number of hydrogen-bond donors (Lipinski definition) is 1. The predicted octanol–water partition coefficient (Wildman–Crippen LogP) is 3.78. The molecule has 3 heteroatoms. The first-order valence-corrected chi connectivity index (χ1v) is 5.76. The van der Waals surface area contributed by atoms with E-state index in [0.717, 1.165) is 16.8 Å². The van der Waals surface area contributed by atoms with E-state index in [1.54, 1.807) is 0 Å². The topological polar surface area (TPSA) is 21.3 Å². The molecule has 1 N–H and O–H groups in total. The van der Waals surface area contributed by atoms with Gasteiger partial charge in [-0.25, -0.2) is 0 Å². The van der Waals surface area contributed by atoms with Crippen molar-refractivity contribution in [3.8, 4) is 0 Å². The van der Waals surface area contributed by atoms with Gasteiger partial charge in [0.1, 0.15) is 0 Å². The summed E-state index contributed by atoms with van der Waals surface area (Å²) in [6.07, 6.45) is 2.89. The van der Waals surface area contributed by atoms with Crippen LogP contribution in [-0.2, 0) is 4.74 Å². The molecule has 1 atom stereocenters. The number of hydrogen-bond acceptors (Lipinski definition) is 2. The molecule has 2 rings (SSSR count). The fourth-order valence-corrected chi connectivity index (χ4v) is 2.11. The van der Waals surface area contributed by atoms with Gasteiger partial charge in [-0.2, -0.15) is 0 Å². The number of ether oxygens (including phenoxy) is 1. The Balaban J connectivity index is 2.06. The van der Waals surface area contributed by atoms with Crippen molar-refractivity contribution in [1.29, 1.82) is 0 Å². The molecule has 0 amide bonds. The molecule has 1 aliphatic rings. The molecule has 0 saturated carbocycles. The smallest absolute Gasteiger partial charge is 0.182 e. The van der Waals surface area contributed by atoms with E-state index in [9.17, 15) is 0 Å². The molecule has 1 aromatic rings. The minimum absolute atomic E-state index is 0.325. The highest BCUT2D eigenvalue weighted by molar-refractivity contribution is 9.11. The van der Waals surface area contributed by atoms with E-state index in [1.165, 1.54) is 5.56 Å². The van der Waals surface area contributed by atoms with Crippen LogP contribution in [0, 0.1) is 6.92 Å². The van der Waals surface area contributed by atoms with Crippen LogP contribution in [0.4, 0.5) is 5.69 Å². The lowest BCUT2D eigenvalue weighted by atomic mass is 10.1. The first kappa shape index (κ1) is 10.6. The van der Waals surface area contributed by atoms with E-state index in [-0.39, 0.29) is 5.72 Å². The van der Waals surface area contributed by atoms with Crippen LogP contribution >= 0.6 is 15.9 Å². The Morgan fingerprint density at radius 3 is 2.53 bits per heavy atom. The summed E-state index contributed by atoms with van der Waals surface area (Å²) in [6, 6.07) is 8.30. The number of rotatable bonds is 2. The number of anilines is 1. The molecule has 2 nitrogen and oxygen atoms in total. The van der Waals surface area contributed by atoms with Crippen molar-refractivity contribution >= 4 is 21.6 Å². The van der Waals surface area contributed by atoms with Crippen molar-refractivity contribution in [2.75, 3.05) is 5.32 Å². The van der Waals surface area contributed by atoms with Gasteiger partial charge in [-0.1, -0.05) is 17.7 Å². The predicted molar refractivity (Wildman–Crippen MR) is 65.9 cm³/mol. The summed E-state index contributed by atoms with van der Waals surface area (Å²) in [5.41, 5.74) is 2.02. The van der Waals surface area contributed by atoms with Gasteiger partial charge in [-0.15, -0.1) is 0 Å². The summed E-state index contributed by atoms with van der Waals surface area (Å²) in [6.45, 7) is 4.12. The second-order valence-corrected chi connectivity index (χ2v) is 4.82. The Morgan fingerprint density at radius 2 is 2.00 bits per heavy atom. The Hall–Kier alpha value is -0.960. The van der Waals surface area contributed by atoms with E-state index in [2.05, 4.69) is 52.4 Å². The van der Waals surface area contributed by atoms with Gasteiger partial charge in [0, 0.05) is 12.1 Å². The molecule has 0 aromatic heterocycles.